The van der Waals surface area contributed by atoms with Crippen molar-refractivity contribution in [3.63, 3.8) is 0 Å². The first-order valence-corrected chi connectivity index (χ1v) is 8.96. The third-order valence-corrected chi connectivity index (χ3v) is 6.39. The number of nitrogens with one attached hydrogen (secondary N) is 1. The van der Waals surface area contributed by atoms with Crippen LogP contribution in [-0.2, 0) is 6.54 Å². The molecule has 1 aliphatic carbocycles. The normalized spacial score (nSPS) is 21.8. The number of piperidine rings is 1. The highest BCUT2D eigenvalue weighted by Gasteiger charge is 2.37. The average molecular weight is 293 g/mol. The summed E-state index contributed by atoms with van der Waals surface area (Å²) in [5, 5.41) is 4.67. The van der Waals surface area contributed by atoms with Gasteiger partial charge >= 0.3 is 0 Å². The fraction of sp³-hybridized carbons (Fsp3) is 0.812. The van der Waals surface area contributed by atoms with Crippen molar-refractivity contribution in [2.75, 3.05) is 24.5 Å². The summed E-state index contributed by atoms with van der Waals surface area (Å²) in [5.41, 5.74) is 1.92. The average Bonchev–Trinajstić information content (AvgIpc) is 3.05. The van der Waals surface area contributed by atoms with Crippen molar-refractivity contribution >= 4 is 16.5 Å². The van der Waals surface area contributed by atoms with Crippen molar-refractivity contribution < 1.29 is 0 Å². The van der Waals surface area contributed by atoms with E-state index in [-0.39, 0.29) is 0 Å². The molecule has 0 unspecified atom stereocenters. The molecule has 1 spiro atoms. The Balaban J connectivity index is 1.62. The summed E-state index contributed by atoms with van der Waals surface area (Å²) in [7, 11) is 0. The SMILES string of the molecule is CCNCc1sc(N2CCC3(CCCC3)CC2)nc1C. The van der Waals surface area contributed by atoms with Gasteiger partial charge < -0.3 is 10.2 Å². The monoisotopic (exact) mass is 293 g/mol. The van der Waals surface area contributed by atoms with Crippen LogP contribution in [0.2, 0.25) is 0 Å². The van der Waals surface area contributed by atoms with E-state index in [0.717, 1.165) is 13.1 Å². The summed E-state index contributed by atoms with van der Waals surface area (Å²) in [6, 6.07) is 0. The van der Waals surface area contributed by atoms with E-state index in [4.69, 9.17) is 4.98 Å². The standard InChI is InChI=1S/C16H27N3S/c1-3-17-12-14-13(2)18-15(20-14)19-10-8-16(9-11-19)6-4-5-7-16/h17H,3-12H2,1-2H3. The Morgan fingerprint density at radius 3 is 2.55 bits per heavy atom. The molecule has 1 aliphatic heterocycles. The van der Waals surface area contributed by atoms with Crippen LogP contribution in [-0.4, -0.2) is 24.6 Å². The fourth-order valence-corrected chi connectivity index (χ4v) is 4.83. The summed E-state index contributed by atoms with van der Waals surface area (Å²) < 4.78 is 0. The highest BCUT2D eigenvalue weighted by molar-refractivity contribution is 7.15. The van der Waals surface area contributed by atoms with Crippen LogP contribution in [0.3, 0.4) is 0 Å². The molecule has 2 aliphatic rings. The molecule has 0 radical (unpaired) electrons. The van der Waals surface area contributed by atoms with Gasteiger partial charge in [0, 0.05) is 24.5 Å². The van der Waals surface area contributed by atoms with Gasteiger partial charge in [-0.15, -0.1) is 11.3 Å². The van der Waals surface area contributed by atoms with Gasteiger partial charge in [0.2, 0.25) is 0 Å². The van der Waals surface area contributed by atoms with E-state index in [1.54, 1.807) is 0 Å². The number of hydrogen-bond acceptors (Lipinski definition) is 4. The first-order chi connectivity index (χ1) is 9.72. The first kappa shape index (κ1) is 14.3. The van der Waals surface area contributed by atoms with E-state index in [9.17, 15) is 0 Å². The number of rotatable bonds is 4. The predicted molar refractivity (Wildman–Crippen MR) is 86.6 cm³/mol. The van der Waals surface area contributed by atoms with Crippen molar-refractivity contribution in [1.29, 1.82) is 0 Å². The van der Waals surface area contributed by atoms with E-state index >= 15 is 0 Å². The molecule has 2 heterocycles. The molecule has 2 fully saturated rings. The molecule has 20 heavy (non-hydrogen) atoms. The molecule has 3 nitrogen and oxygen atoms in total. The van der Waals surface area contributed by atoms with Gasteiger partial charge in [-0.2, -0.15) is 0 Å². The minimum atomic E-state index is 0.704. The molecule has 4 heteroatoms. The van der Waals surface area contributed by atoms with Crippen molar-refractivity contribution in [2.24, 2.45) is 5.41 Å². The summed E-state index contributed by atoms with van der Waals surface area (Å²) in [6.45, 7) is 8.73. The van der Waals surface area contributed by atoms with Crippen LogP contribution in [0.4, 0.5) is 5.13 Å². The number of hydrogen-bond donors (Lipinski definition) is 1. The number of aryl methyl sites for hydroxylation is 1. The first-order valence-electron chi connectivity index (χ1n) is 8.14. The molecule has 1 saturated heterocycles. The van der Waals surface area contributed by atoms with Gasteiger partial charge in [0.1, 0.15) is 0 Å². The summed E-state index contributed by atoms with van der Waals surface area (Å²) >= 11 is 1.89. The Morgan fingerprint density at radius 2 is 1.90 bits per heavy atom. The smallest absolute Gasteiger partial charge is 0.185 e. The van der Waals surface area contributed by atoms with E-state index in [0.29, 0.717) is 5.41 Å². The molecule has 1 aromatic rings. The van der Waals surface area contributed by atoms with Crippen LogP contribution in [0.5, 0.6) is 0 Å². The molecule has 0 bridgehead atoms. The van der Waals surface area contributed by atoms with E-state index in [1.165, 1.54) is 67.3 Å². The fourth-order valence-electron chi connectivity index (χ4n) is 3.75. The second-order valence-electron chi connectivity index (χ2n) is 6.48. The highest BCUT2D eigenvalue weighted by atomic mass is 32.1. The molecule has 0 amide bonds. The van der Waals surface area contributed by atoms with Crippen molar-refractivity contribution in [2.45, 2.75) is 58.9 Å². The molecular weight excluding hydrogens is 266 g/mol. The molecule has 1 aromatic heterocycles. The maximum absolute atomic E-state index is 4.81. The maximum Gasteiger partial charge on any atom is 0.185 e. The Labute approximate surface area is 126 Å². The van der Waals surface area contributed by atoms with Gasteiger partial charge in [-0.05, 0) is 44.6 Å². The lowest BCUT2D eigenvalue weighted by molar-refractivity contribution is 0.226. The van der Waals surface area contributed by atoms with Crippen LogP contribution >= 0.6 is 11.3 Å². The zero-order chi connectivity index (χ0) is 14.0. The van der Waals surface area contributed by atoms with Gasteiger partial charge in [0.15, 0.2) is 5.13 Å². The number of anilines is 1. The van der Waals surface area contributed by atoms with Crippen LogP contribution in [0.1, 0.15) is 56.0 Å². The van der Waals surface area contributed by atoms with Gasteiger partial charge in [-0.25, -0.2) is 4.98 Å². The molecule has 0 aromatic carbocycles. The van der Waals surface area contributed by atoms with Crippen LogP contribution in [0.25, 0.3) is 0 Å². The Bertz CT molecular complexity index is 439. The molecule has 1 N–H and O–H groups in total. The molecule has 3 rings (SSSR count). The summed E-state index contributed by atoms with van der Waals surface area (Å²) in [6.07, 6.45) is 8.64. The number of nitrogens with zero attached hydrogens (tertiary/aromatic N) is 2. The van der Waals surface area contributed by atoms with Gasteiger partial charge in [-0.3, -0.25) is 0 Å². The van der Waals surface area contributed by atoms with Gasteiger partial charge in [0.05, 0.1) is 5.69 Å². The lowest BCUT2D eigenvalue weighted by Gasteiger charge is -2.39. The lowest BCUT2D eigenvalue weighted by Crippen LogP contribution is -2.38. The third-order valence-electron chi connectivity index (χ3n) is 5.18. The Morgan fingerprint density at radius 1 is 1.20 bits per heavy atom. The second kappa shape index (κ2) is 6.02. The topological polar surface area (TPSA) is 28.2 Å². The summed E-state index contributed by atoms with van der Waals surface area (Å²) in [5.74, 6) is 0. The van der Waals surface area contributed by atoms with Crippen molar-refractivity contribution in [1.82, 2.24) is 10.3 Å². The minimum absolute atomic E-state index is 0.704. The zero-order valence-corrected chi connectivity index (χ0v) is 13.7. The quantitative estimate of drug-likeness (QED) is 0.917. The van der Waals surface area contributed by atoms with E-state index in [1.807, 2.05) is 11.3 Å². The molecule has 1 saturated carbocycles. The molecule has 112 valence electrons. The molecular formula is C16H27N3S. The predicted octanol–water partition coefficient (Wildman–Crippen LogP) is 3.72. The van der Waals surface area contributed by atoms with Crippen molar-refractivity contribution in [3.8, 4) is 0 Å². The highest BCUT2D eigenvalue weighted by Crippen LogP contribution is 2.47. The molecule has 0 atom stereocenters. The maximum atomic E-state index is 4.81. The Hall–Kier alpha value is -0.610. The van der Waals surface area contributed by atoms with Crippen LogP contribution in [0, 0.1) is 12.3 Å². The lowest BCUT2D eigenvalue weighted by atomic mass is 9.77. The van der Waals surface area contributed by atoms with Crippen molar-refractivity contribution in [3.05, 3.63) is 10.6 Å². The van der Waals surface area contributed by atoms with Gasteiger partial charge in [-0.1, -0.05) is 19.8 Å². The van der Waals surface area contributed by atoms with Crippen LogP contribution < -0.4 is 10.2 Å². The van der Waals surface area contributed by atoms with E-state index in [2.05, 4.69) is 24.1 Å². The Kier molecular flexibility index (Phi) is 4.32. The largest absolute Gasteiger partial charge is 0.348 e. The summed E-state index contributed by atoms with van der Waals surface area (Å²) in [4.78, 5) is 8.74. The van der Waals surface area contributed by atoms with E-state index < -0.39 is 0 Å². The zero-order valence-electron chi connectivity index (χ0n) is 12.9. The van der Waals surface area contributed by atoms with Gasteiger partial charge in [0.25, 0.3) is 0 Å². The number of aromatic nitrogens is 1. The minimum Gasteiger partial charge on any atom is -0.348 e. The van der Waals surface area contributed by atoms with Crippen LogP contribution in [0.15, 0.2) is 0 Å². The number of thiazole rings is 1. The second-order valence-corrected chi connectivity index (χ2v) is 7.54. The third kappa shape index (κ3) is 2.86.